The molecule has 3 rings (SSSR count). The van der Waals surface area contributed by atoms with Gasteiger partial charge in [0.25, 0.3) is 5.91 Å². The van der Waals surface area contributed by atoms with Crippen molar-refractivity contribution in [3.63, 3.8) is 0 Å². The van der Waals surface area contributed by atoms with Crippen molar-refractivity contribution in [3.05, 3.63) is 29.6 Å². The van der Waals surface area contributed by atoms with Gasteiger partial charge in [-0.15, -0.1) is 0 Å². The van der Waals surface area contributed by atoms with Gasteiger partial charge in [0.05, 0.1) is 17.8 Å². The highest BCUT2D eigenvalue weighted by Crippen LogP contribution is 2.25. The molecule has 0 atom stereocenters. The zero-order valence-electron chi connectivity index (χ0n) is 16.7. The summed E-state index contributed by atoms with van der Waals surface area (Å²) in [5.74, 6) is 0.329. The predicted octanol–water partition coefficient (Wildman–Crippen LogP) is 1.62. The largest absolute Gasteiger partial charge is 0.353 e. The number of aryl methyl sites for hydroxylation is 1. The molecule has 8 heteroatoms. The number of imidazole rings is 1. The number of piperazine rings is 1. The van der Waals surface area contributed by atoms with E-state index in [2.05, 4.69) is 17.2 Å². The molecule has 2 aromatic heterocycles. The van der Waals surface area contributed by atoms with Crippen LogP contribution in [0.4, 0.5) is 5.82 Å². The van der Waals surface area contributed by atoms with Gasteiger partial charge >= 0.3 is 0 Å². The van der Waals surface area contributed by atoms with Gasteiger partial charge in [0.15, 0.2) is 0 Å². The predicted molar refractivity (Wildman–Crippen MR) is 106 cm³/mol. The average Bonchev–Trinajstić information content (AvgIpc) is 3.05. The lowest BCUT2D eigenvalue weighted by Gasteiger charge is -2.27. The Morgan fingerprint density at radius 2 is 2.07 bits per heavy atom. The van der Waals surface area contributed by atoms with Crippen LogP contribution in [0.2, 0.25) is 0 Å². The van der Waals surface area contributed by atoms with Crippen molar-refractivity contribution in [1.29, 1.82) is 0 Å². The lowest BCUT2D eigenvalue weighted by Crippen LogP contribution is -2.50. The summed E-state index contributed by atoms with van der Waals surface area (Å²) in [7, 11) is 0. The lowest BCUT2D eigenvalue weighted by molar-refractivity contribution is -0.123. The number of rotatable bonds is 6. The monoisotopic (exact) mass is 385 g/mol. The van der Waals surface area contributed by atoms with Crippen LogP contribution in [0.5, 0.6) is 0 Å². The third kappa shape index (κ3) is 3.85. The van der Waals surface area contributed by atoms with Gasteiger partial charge in [-0.25, -0.2) is 4.98 Å². The van der Waals surface area contributed by atoms with E-state index in [1.165, 1.54) is 4.90 Å². The number of amides is 3. The minimum Gasteiger partial charge on any atom is -0.353 e. The molecule has 1 fully saturated rings. The molecule has 1 aliphatic heterocycles. The lowest BCUT2D eigenvalue weighted by atomic mass is 10.2. The van der Waals surface area contributed by atoms with Gasteiger partial charge < -0.3 is 10.2 Å². The highest BCUT2D eigenvalue weighted by Gasteiger charge is 2.25. The van der Waals surface area contributed by atoms with E-state index in [-0.39, 0.29) is 24.3 Å². The molecule has 0 saturated carbocycles. The molecule has 150 valence electrons. The maximum Gasteiger partial charge on any atom is 0.255 e. The first-order valence-electron chi connectivity index (χ1n) is 9.81. The molecule has 2 aromatic rings. The summed E-state index contributed by atoms with van der Waals surface area (Å²) in [6, 6.07) is 3.52. The molecule has 0 unspecified atom stereocenters. The number of aromatic nitrogens is 2. The smallest absolute Gasteiger partial charge is 0.255 e. The zero-order chi connectivity index (χ0) is 20.3. The summed E-state index contributed by atoms with van der Waals surface area (Å²) >= 11 is 0. The van der Waals surface area contributed by atoms with E-state index in [0.717, 1.165) is 24.4 Å². The minimum atomic E-state index is -0.197. The Hall–Kier alpha value is -2.90. The van der Waals surface area contributed by atoms with E-state index in [4.69, 9.17) is 0 Å². The van der Waals surface area contributed by atoms with Crippen molar-refractivity contribution < 1.29 is 14.4 Å². The molecule has 8 nitrogen and oxygen atoms in total. The van der Waals surface area contributed by atoms with E-state index in [1.54, 1.807) is 30.2 Å². The molecule has 1 N–H and O–H groups in total. The van der Waals surface area contributed by atoms with E-state index in [0.29, 0.717) is 37.3 Å². The first-order valence-corrected chi connectivity index (χ1v) is 9.81. The van der Waals surface area contributed by atoms with Gasteiger partial charge in [-0.05, 0) is 25.0 Å². The number of hydrogen-bond donors (Lipinski definition) is 1. The summed E-state index contributed by atoms with van der Waals surface area (Å²) in [6.45, 7) is 7.24. The standard InChI is InChI=1S/C20H27N5O3/c1-4-6-10-24(14(3)26)19-16(5-2)22-17-8-7-15(12-25(17)19)20(28)23-11-9-21-18(27)13-23/h7-8,12H,4-6,9-11,13H2,1-3H3,(H,21,27). The second-order valence-electron chi connectivity index (χ2n) is 6.98. The minimum absolute atomic E-state index is 0.0469. The number of carbonyl (C=O) groups excluding carboxylic acids is 3. The van der Waals surface area contributed by atoms with Crippen LogP contribution in [-0.4, -0.2) is 58.2 Å². The summed E-state index contributed by atoms with van der Waals surface area (Å²) in [4.78, 5) is 44.8. The Balaban J connectivity index is 2.03. The quantitative estimate of drug-likeness (QED) is 0.819. The summed E-state index contributed by atoms with van der Waals surface area (Å²) in [5, 5.41) is 2.72. The van der Waals surface area contributed by atoms with Gasteiger partial charge in [-0.1, -0.05) is 20.3 Å². The molecule has 28 heavy (non-hydrogen) atoms. The maximum absolute atomic E-state index is 12.9. The van der Waals surface area contributed by atoms with Crippen LogP contribution < -0.4 is 10.2 Å². The van der Waals surface area contributed by atoms with E-state index < -0.39 is 0 Å². The van der Waals surface area contributed by atoms with E-state index in [1.807, 2.05) is 11.3 Å². The third-order valence-corrected chi connectivity index (χ3v) is 4.94. The zero-order valence-corrected chi connectivity index (χ0v) is 16.7. The number of nitrogens with zero attached hydrogens (tertiary/aromatic N) is 4. The topological polar surface area (TPSA) is 87.0 Å². The number of hydrogen-bond acceptors (Lipinski definition) is 4. The fraction of sp³-hybridized carbons (Fsp3) is 0.500. The SMILES string of the molecule is CCCCN(C(C)=O)c1c(CC)nc2ccc(C(=O)N3CCNC(=O)C3)cn12. The normalized spacial score (nSPS) is 14.2. The fourth-order valence-corrected chi connectivity index (χ4v) is 3.45. The second kappa shape index (κ2) is 8.41. The molecule has 1 aliphatic rings. The van der Waals surface area contributed by atoms with Crippen molar-refractivity contribution in [2.75, 3.05) is 31.1 Å². The van der Waals surface area contributed by atoms with Gasteiger partial charge in [0, 0.05) is 32.8 Å². The second-order valence-corrected chi connectivity index (χ2v) is 6.98. The molecule has 3 amide bonds. The average molecular weight is 385 g/mol. The van der Waals surface area contributed by atoms with Crippen molar-refractivity contribution in [3.8, 4) is 0 Å². The molecular weight excluding hydrogens is 358 g/mol. The van der Waals surface area contributed by atoms with Gasteiger partial charge in [-0.2, -0.15) is 0 Å². The molecule has 0 aromatic carbocycles. The van der Waals surface area contributed by atoms with E-state index >= 15 is 0 Å². The molecule has 0 bridgehead atoms. The highest BCUT2D eigenvalue weighted by molar-refractivity contribution is 5.97. The van der Waals surface area contributed by atoms with Crippen LogP contribution in [0.3, 0.4) is 0 Å². The Labute approximate surface area is 164 Å². The Morgan fingerprint density at radius 3 is 2.71 bits per heavy atom. The molecule has 1 saturated heterocycles. The van der Waals surface area contributed by atoms with E-state index in [9.17, 15) is 14.4 Å². The fourth-order valence-electron chi connectivity index (χ4n) is 3.45. The first kappa shape index (κ1) is 19.9. The molecule has 3 heterocycles. The number of carbonyl (C=O) groups is 3. The summed E-state index contributed by atoms with van der Waals surface area (Å²) < 4.78 is 1.83. The van der Waals surface area contributed by atoms with Crippen LogP contribution in [-0.2, 0) is 16.0 Å². The van der Waals surface area contributed by atoms with Crippen molar-refractivity contribution >= 4 is 29.2 Å². The van der Waals surface area contributed by atoms with Crippen molar-refractivity contribution in [2.24, 2.45) is 0 Å². The van der Waals surface area contributed by atoms with Gasteiger partial charge in [0.1, 0.15) is 11.5 Å². The van der Waals surface area contributed by atoms with Crippen LogP contribution in [0.15, 0.2) is 18.3 Å². The number of fused-ring (bicyclic) bond motifs is 1. The van der Waals surface area contributed by atoms with Crippen LogP contribution in [0.25, 0.3) is 5.65 Å². The van der Waals surface area contributed by atoms with Gasteiger partial charge in [-0.3, -0.25) is 23.7 Å². The van der Waals surface area contributed by atoms with Crippen molar-refractivity contribution in [2.45, 2.75) is 40.0 Å². The number of anilines is 1. The van der Waals surface area contributed by atoms with Gasteiger partial charge in [0.2, 0.25) is 11.8 Å². The Kier molecular flexibility index (Phi) is 5.96. The molecule has 0 aliphatic carbocycles. The van der Waals surface area contributed by atoms with Crippen LogP contribution >= 0.6 is 0 Å². The number of unbranched alkanes of at least 4 members (excludes halogenated alkanes) is 1. The number of nitrogens with one attached hydrogen (secondary N) is 1. The van der Waals surface area contributed by atoms with Crippen LogP contribution in [0.1, 0.15) is 49.7 Å². The maximum atomic E-state index is 12.9. The highest BCUT2D eigenvalue weighted by atomic mass is 16.2. The molecular formula is C20H27N5O3. The Bertz CT molecular complexity index is 905. The Morgan fingerprint density at radius 1 is 1.29 bits per heavy atom. The molecule has 0 radical (unpaired) electrons. The van der Waals surface area contributed by atoms with Crippen LogP contribution in [0, 0.1) is 0 Å². The third-order valence-electron chi connectivity index (χ3n) is 4.94. The first-order chi connectivity index (χ1) is 13.5. The molecule has 0 spiro atoms. The number of pyridine rings is 1. The summed E-state index contributed by atoms with van der Waals surface area (Å²) in [6.07, 6.45) is 4.27. The van der Waals surface area contributed by atoms with Crippen molar-refractivity contribution in [1.82, 2.24) is 19.6 Å². The summed E-state index contributed by atoms with van der Waals surface area (Å²) in [5.41, 5.74) is 2.00.